The number of carbonyl (C=O) groups excluding carboxylic acids is 1. The summed E-state index contributed by atoms with van der Waals surface area (Å²) in [6, 6.07) is 1.81. The Morgan fingerprint density at radius 3 is 3.28 bits per heavy atom. The van der Waals surface area contributed by atoms with E-state index in [2.05, 4.69) is 10.2 Å². The topological polar surface area (TPSA) is 85.9 Å². The first-order valence-electron chi connectivity index (χ1n) is 5.91. The molecule has 0 saturated carbocycles. The predicted molar refractivity (Wildman–Crippen MR) is 66.1 cm³/mol. The number of H-pyrrole nitrogens is 1. The molecule has 6 nitrogen and oxygen atoms in total. The van der Waals surface area contributed by atoms with Crippen LogP contribution in [0.1, 0.15) is 22.8 Å². The van der Waals surface area contributed by atoms with Crippen LogP contribution in [0.5, 0.6) is 0 Å². The highest BCUT2D eigenvalue weighted by Crippen LogP contribution is 2.32. The number of carbonyl (C=O) groups is 1. The molecule has 6 heteroatoms. The fourth-order valence-corrected chi connectivity index (χ4v) is 2.31. The molecular weight excluding hydrogens is 232 g/mol. The lowest BCUT2D eigenvalue weighted by Crippen LogP contribution is -2.09. The molecule has 0 spiro atoms. The van der Waals surface area contributed by atoms with Gasteiger partial charge in [0.25, 0.3) is 0 Å². The summed E-state index contributed by atoms with van der Waals surface area (Å²) in [5.41, 5.74) is 9.21. The van der Waals surface area contributed by atoms with Crippen LogP contribution in [0.4, 0.5) is 5.82 Å². The van der Waals surface area contributed by atoms with Gasteiger partial charge in [-0.1, -0.05) is 0 Å². The highest BCUT2D eigenvalue weighted by molar-refractivity contribution is 5.91. The van der Waals surface area contributed by atoms with Crippen molar-refractivity contribution >= 4 is 11.8 Å². The van der Waals surface area contributed by atoms with Gasteiger partial charge >= 0.3 is 5.97 Å². The number of aromatic amines is 1. The number of esters is 1. The van der Waals surface area contributed by atoms with E-state index in [0.717, 1.165) is 29.9 Å². The highest BCUT2D eigenvalue weighted by atomic mass is 16.5. The van der Waals surface area contributed by atoms with Gasteiger partial charge in [-0.3, -0.25) is 5.10 Å². The number of aromatic nitrogens is 3. The number of ether oxygens (including phenoxy) is 1. The van der Waals surface area contributed by atoms with E-state index in [1.54, 1.807) is 6.92 Å². The van der Waals surface area contributed by atoms with Crippen molar-refractivity contribution in [3.05, 3.63) is 23.4 Å². The zero-order chi connectivity index (χ0) is 12.7. The molecule has 1 aliphatic rings. The van der Waals surface area contributed by atoms with E-state index < -0.39 is 0 Å². The van der Waals surface area contributed by atoms with E-state index in [1.165, 1.54) is 0 Å². The molecule has 3 rings (SSSR count). The Morgan fingerprint density at radius 1 is 1.67 bits per heavy atom. The summed E-state index contributed by atoms with van der Waals surface area (Å²) >= 11 is 0. The number of fused-ring (bicyclic) bond motifs is 3. The molecule has 2 aromatic rings. The Hall–Kier alpha value is -2.24. The maximum Gasteiger partial charge on any atom is 0.339 e. The number of hydrogen-bond acceptors (Lipinski definition) is 4. The van der Waals surface area contributed by atoms with E-state index in [1.807, 2.05) is 16.8 Å². The summed E-state index contributed by atoms with van der Waals surface area (Å²) in [5, 5.41) is 6.93. The number of anilines is 1. The lowest BCUT2D eigenvalue weighted by molar-refractivity contribution is 0.0526. The van der Waals surface area contributed by atoms with E-state index in [0.29, 0.717) is 18.0 Å². The summed E-state index contributed by atoms with van der Waals surface area (Å²) in [4.78, 5) is 11.7. The fraction of sp³-hybridized carbons (Fsp3) is 0.333. The maximum absolute atomic E-state index is 11.7. The summed E-state index contributed by atoms with van der Waals surface area (Å²) < 4.78 is 7.02. The largest absolute Gasteiger partial charge is 0.462 e. The van der Waals surface area contributed by atoms with E-state index in [4.69, 9.17) is 10.5 Å². The molecule has 0 saturated heterocycles. The fourth-order valence-electron chi connectivity index (χ4n) is 2.31. The van der Waals surface area contributed by atoms with Crippen molar-refractivity contribution in [1.29, 1.82) is 0 Å². The average molecular weight is 246 g/mol. The van der Waals surface area contributed by atoms with Gasteiger partial charge < -0.3 is 15.0 Å². The second kappa shape index (κ2) is 3.90. The first-order chi connectivity index (χ1) is 8.70. The molecule has 0 amide bonds. The van der Waals surface area contributed by atoms with E-state index in [-0.39, 0.29) is 5.97 Å². The molecule has 0 radical (unpaired) electrons. The molecule has 2 aromatic heterocycles. The number of hydrogen-bond donors (Lipinski definition) is 2. The molecule has 0 aromatic carbocycles. The van der Waals surface area contributed by atoms with Crippen LogP contribution in [0, 0.1) is 0 Å². The van der Waals surface area contributed by atoms with Crippen LogP contribution in [0.2, 0.25) is 0 Å². The molecule has 3 N–H and O–H groups in total. The maximum atomic E-state index is 11.7. The first-order valence-corrected chi connectivity index (χ1v) is 5.91. The van der Waals surface area contributed by atoms with Crippen LogP contribution < -0.4 is 5.73 Å². The van der Waals surface area contributed by atoms with Crippen LogP contribution in [-0.4, -0.2) is 27.3 Å². The Kier molecular flexibility index (Phi) is 2.36. The van der Waals surface area contributed by atoms with Crippen LogP contribution in [0.25, 0.3) is 11.4 Å². The number of rotatable bonds is 2. The molecule has 0 bridgehead atoms. The summed E-state index contributed by atoms with van der Waals surface area (Å²) in [6.45, 7) is 2.97. The Labute approximate surface area is 104 Å². The van der Waals surface area contributed by atoms with Crippen molar-refractivity contribution in [3.8, 4) is 11.4 Å². The van der Waals surface area contributed by atoms with Crippen LogP contribution >= 0.6 is 0 Å². The molecule has 0 unspecified atom stereocenters. The molecule has 0 aliphatic carbocycles. The van der Waals surface area contributed by atoms with Crippen LogP contribution in [0.3, 0.4) is 0 Å². The standard InChI is InChI=1S/C12H14N4O2/c1-2-18-12(17)7-5-9-10-8(11(13)15-14-10)3-4-16(9)6-7/h5-6H,2-4H2,1H3,(H3,13,14,15). The van der Waals surface area contributed by atoms with Gasteiger partial charge in [0, 0.05) is 18.3 Å². The lowest BCUT2D eigenvalue weighted by atomic mass is 10.1. The normalized spacial score (nSPS) is 12.9. The van der Waals surface area contributed by atoms with Gasteiger partial charge in [0.2, 0.25) is 0 Å². The highest BCUT2D eigenvalue weighted by Gasteiger charge is 2.23. The molecule has 0 atom stereocenters. The van der Waals surface area contributed by atoms with Crippen molar-refractivity contribution in [2.75, 3.05) is 12.3 Å². The molecule has 18 heavy (non-hydrogen) atoms. The monoisotopic (exact) mass is 246 g/mol. The SMILES string of the molecule is CCOC(=O)c1cc2n(c1)CCc1c(N)n[nH]c1-2. The molecular formula is C12H14N4O2. The quantitative estimate of drug-likeness (QED) is 0.779. The summed E-state index contributed by atoms with van der Waals surface area (Å²) in [7, 11) is 0. The molecule has 94 valence electrons. The summed E-state index contributed by atoms with van der Waals surface area (Å²) in [5.74, 6) is 0.239. The Morgan fingerprint density at radius 2 is 2.50 bits per heavy atom. The van der Waals surface area contributed by atoms with E-state index in [9.17, 15) is 4.79 Å². The van der Waals surface area contributed by atoms with Gasteiger partial charge in [-0.05, 0) is 19.4 Å². The first kappa shape index (κ1) is 10.9. The minimum Gasteiger partial charge on any atom is -0.462 e. The zero-order valence-corrected chi connectivity index (χ0v) is 10.1. The molecule has 1 aliphatic heterocycles. The van der Waals surface area contributed by atoms with Gasteiger partial charge in [0.1, 0.15) is 5.82 Å². The number of nitrogens with one attached hydrogen (secondary N) is 1. The third-order valence-corrected chi connectivity index (χ3v) is 3.17. The lowest BCUT2D eigenvalue weighted by Gasteiger charge is -2.14. The second-order valence-corrected chi connectivity index (χ2v) is 4.24. The van der Waals surface area contributed by atoms with Crippen molar-refractivity contribution in [2.24, 2.45) is 0 Å². The van der Waals surface area contributed by atoms with Crippen molar-refractivity contribution in [1.82, 2.24) is 14.8 Å². The number of nitrogens with zero attached hydrogens (tertiary/aromatic N) is 2. The molecule has 3 heterocycles. The van der Waals surface area contributed by atoms with Gasteiger partial charge in [0.15, 0.2) is 0 Å². The predicted octanol–water partition coefficient (Wildman–Crippen LogP) is 1.19. The Balaban J connectivity index is 2.04. The zero-order valence-electron chi connectivity index (χ0n) is 10.1. The number of nitrogen functional groups attached to an aromatic ring is 1. The van der Waals surface area contributed by atoms with E-state index >= 15 is 0 Å². The number of nitrogens with two attached hydrogens (primary N) is 1. The van der Waals surface area contributed by atoms with Crippen molar-refractivity contribution in [3.63, 3.8) is 0 Å². The molecule has 0 fully saturated rings. The third kappa shape index (κ3) is 1.49. The smallest absolute Gasteiger partial charge is 0.339 e. The van der Waals surface area contributed by atoms with Crippen molar-refractivity contribution in [2.45, 2.75) is 19.9 Å². The third-order valence-electron chi connectivity index (χ3n) is 3.17. The van der Waals surface area contributed by atoms with Gasteiger partial charge in [0.05, 0.1) is 23.6 Å². The Bertz CT molecular complexity index is 612. The van der Waals surface area contributed by atoms with Crippen molar-refractivity contribution < 1.29 is 9.53 Å². The minimum absolute atomic E-state index is 0.298. The average Bonchev–Trinajstić information content (AvgIpc) is 2.93. The van der Waals surface area contributed by atoms with Gasteiger partial charge in [-0.2, -0.15) is 5.10 Å². The second-order valence-electron chi connectivity index (χ2n) is 4.24. The van der Waals surface area contributed by atoms with Gasteiger partial charge in [-0.15, -0.1) is 0 Å². The van der Waals surface area contributed by atoms with Crippen LogP contribution in [-0.2, 0) is 17.7 Å². The summed E-state index contributed by atoms with van der Waals surface area (Å²) in [6.07, 6.45) is 2.63. The van der Waals surface area contributed by atoms with Crippen LogP contribution in [0.15, 0.2) is 12.3 Å². The minimum atomic E-state index is -0.298. The van der Waals surface area contributed by atoms with Gasteiger partial charge in [-0.25, -0.2) is 4.79 Å². The number of aryl methyl sites for hydroxylation is 1.